The zero-order valence-corrected chi connectivity index (χ0v) is 11.8. The van der Waals surface area contributed by atoms with E-state index < -0.39 is 11.2 Å². The third-order valence-electron chi connectivity index (χ3n) is 2.70. The van der Waals surface area contributed by atoms with Crippen molar-refractivity contribution in [2.24, 2.45) is 0 Å². The van der Waals surface area contributed by atoms with Crippen molar-refractivity contribution in [2.75, 3.05) is 11.9 Å². The van der Waals surface area contributed by atoms with Gasteiger partial charge in [-0.25, -0.2) is 9.78 Å². The number of pyridine rings is 1. The lowest BCUT2D eigenvalue weighted by atomic mass is 10.2. The van der Waals surface area contributed by atoms with Gasteiger partial charge < -0.3 is 5.32 Å². The Hall–Kier alpha value is -2.08. The minimum Gasteiger partial charge on any atom is -0.370 e. The summed E-state index contributed by atoms with van der Waals surface area (Å²) in [5.74, 6) is 0.757. The van der Waals surface area contributed by atoms with Crippen molar-refractivity contribution in [2.45, 2.75) is 19.9 Å². The van der Waals surface area contributed by atoms with Crippen molar-refractivity contribution in [3.63, 3.8) is 0 Å². The van der Waals surface area contributed by atoms with E-state index in [1.807, 2.05) is 12.1 Å². The van der Waals surface area contributed by atoms with Gasteiger partial charge in [0, 0.05) is 18.9 Å². The van der Waals surface area contributed by atoms with Crippen LogP contribution in [0.1, 0.15) is 18.9 Å². The summed E-state index contributed by atoms with van der Waals surface area (Å²) in [6, 6.07) is 3.67. The topological polar surface area (TPSA) is 79.8 Å². The SMILES string of the molecule is CCCNc1cc(Cn2cc(Cl)c(=O)[nH]c2=O)ccn1. The Balaban J connectivity index is 2.24. The first-order valence-corrected chi connectivity index (χ1v) is 6.66. The highest BCUT2D eigenvalue weighted by molar-refractivity contribution is 6.30. The fourth-order valence-electron chi connectivity index (χ4n) is 1.72. The van der Waals surface area contributed by atoms with E-state index in [0.29, 0.717) is 6.54 Å². The largest absolute Gasteiger partial charge is 0.370 e. The first-order valence-electron chi connectivity index (χ1n) is 6.28. The average molecular weight is 295 g/mol. The third kappa shape index (κ3) is 3.48. The van der Waals surface area contributed by atoms with Crippen LogP contribution in [0.15, 0.2) is 34.1 Å². The standard InChI is InChI=1S/C13H15ClN4O2/c1-2-4-15-11-6-9(3-5-16-11)7-18-8-10(14)12(19)17-13(18)20/h3,5-6,8H,2,4,7H2,1H3,(H,15,16)(H,17,19,20). The molecule has 0 aliphatic carbocycles. The molecule has 0 fully saturated rings. The lowest BCUT2D eigenvalue weighted by Crippen LogP contribution is -2.29. The Kier molecular flexibility index (Phi) is 4.57. The number of hydrogen-bond donors (Lipinski definition) is 2. The summed E-state index contributed by atoms with van der Waals surface area (Å²) in [4.78, 5) is 29.2. The highest BCUT2D eigenvalue weighted by Crippen LogP contribution is 2.08. The molecule has 6 nitrogen and oxygen atoms in total. The Morgan fingerprint density at radius 3 is 3.00 bits per heavy atom. The molecule has 0 saturated carbocycles. The predicted molar refractivity (Wildman–Crippen MR) is 78.5 cm³/mol. The molecule has 0 unspecified atom stereocenters. The van der Waals surface area contributed by atoms with E-state index in [0.717, 1.165) is 24.3 Å². The number of nitrogens with zero attached hydrogens (tertiary/aromatic N) is 2. The molecule has 0 atom stereocenters. The molecule has 0 saturated heterocycles. The van der Waals surface area contributed by atoms with Crippen molar-refractivity contribution in [3.8, 4) is 0 Å². The summed E-state index contributed by atoms with van der Waals surface area (Å²) < 4.78 is 1.35. The highest BCUT2D eigenvalue weighted by atomic mass is 35.5. The van der Waals surface area contributed by atoms with E-state index in [9.17, 15) is 9.59 Å². The van der Waals surface area contributed by atoms with Crippen molar-refractivity contribution in [1.82, 2.24) is 14.5 Å². The van der Waals surface area contributed by atoms with Gasteiger partial charge in [-0.3, -0.25) is 14.3 Å². The molecule has 2 aromatic heterocycles. The first kappa shape index (κ1) is 14.3. The fourth-order valence-corrected chi connectivity index (χ4v) is 1.88. The third-order valence-corrected chi connectivity index (χ3v) is 2.97. The van der Waals surface area contributed by atoms with Crippen LogP contribution in [0.3, 0.4) is 0 Å². The number of nitrogens with one attached hydrogen (secondary N) is 2. The minimum atomic E-state index is -0.576. The van der Waals surface area contributed by atoms with Gasteiger partial charge in [-0.05, 0) is 24.1 Å². The molecule has 20 heavy (non-hydrogen) atoms. The van der Waals surface area contributed by atoms with Crippen molar-refractivity contribution in [3.05, 3.63) is 56.0 Å². The minimum absolute atomic E-state index is 0.0111. The fraction of sp³-hybridized carbons (Fsp3) is 0.308. The second kappa shape index (κ2) is 6.38. The maximum atomic E-state index is 11.7. The second-order valence-electron chi connectivity index (χ2n) is 4.34. The van der Waals surface area contributed by atoms with E-state index in [1.165, 1.54) is 10.8 Å². The van der Waals surface area contributed by atoms with Gasteiger partial charge in [0.1, 0.15) is 10.8 Å². The van der Waals surface area contributed by atoms with Crippen molar-refractivity contribution in [1.29, 1.82) is 0 Å². The zero-order valence-electron chi connectivity index (χ0n) is 11.0. The van der Waals surface area contributed by atoms with Crippen LogP contribution < -0.4 is 16.6 Å². The van der Waals surface area contributed by atoms with E-state index in [1.54, 1.807) is 6.20 Å². The van der Waals surface area contributed by atoms with Gasteiger partial charge in [-0.2, -0.15) is 0 Å². The maximum absolute atomic E-state index is 11.7. The van der Waals surface area contributed by atoms with Gasteiger partial charge in [0.15, 0.2) is 0 Å². The van der Waals surface area contributed by atoms with Crippen LogP contribution in [0.25, 0.3) is 0 Å². The Bertz CT molecular complexity index is 708. The molecule has 0 radical (unpaired) electrons. The van der Waals surface area contributed by atoms with E-state index in [4.69, 9.17) is 11.6 Å². The predicted octanol–water partition coefficient (Wildman–Crippen LogP) is 1.46. The molecule has 0 aliphatic heterocycles. The summed E-state index contributed by atoms with van der Waals surface area (Å²) >= 11 is 5.72. The lowest BCUT2D eigenvalue weighted by molar-refractivity contribution is 0.720. The number of anilines is 1. The number of aromatic amines is 1. The number of halogens is 1. The summed E-state index contributed by atoms with van der Waals surface area (Å²) in [5, 5.41) is 3.16. The Labute approximate surface area is 120 Å². The molecular weight excluding hydrogens is 280 g/mol. The van der Waals surface area contributed by atoms with Crippen LogP contribution >= 0.6 is 11.6 Å². The average Bonchev–Trinajstić information content (AvgIpc) is 2.43. The molecule has 2 aromatic rings. The number of hydrogen-bond acceptors (Lipinski definition) is 4. The smallest absolute Gasteiger partial charge is 0.328 e. The van der Waals surface area contributed by atoms with Crippen molar-refractivity contribution >= 4 is 17.4 Å². The zero-order chi connectivity index (χ0) is 14.5. The van der Waals surface area contributed by atoms with Crippen LogP contribution in [-0.4, -0.2) is 21.1 Å². The quantitative estimate of drug-likeness (QED) is 0.875. The first-order chi connectivity index (χ1) is 9.60. The molecule has 2 N–H and O–H groups in total. The monoisotopic (exact) mass is 294 g/mol. The van der Waals surface area contributed by atoms with Crippen molar-refractivity contribution < 1.29 is 0 Å². The molecule has 2 rings (SSSR count). The molecule has 0 aliphatic rings. The van der Waals surface area contributed by atoms with Gasteiger partial charge in [0.2, 0.25) is 0 Å². The number of aromatic nitrogens is 3. The molecule has 0 spiro atoms. The Morgan fingerprint density at radius 2 is 2.25 bits per heavy atom. The number of rotatable bonds is 5. The Morgan fingerprint density at radius 1 is 1.45 bits per heavy atom. The molecule has 0 amide bonds. The van der Waals surface area contributed by atoms with Gasteiger partial charge in [0.05, 0.1) is 6.54 Å². The van der Waals surface area contributed by atoms with Crippen LogP contribution in [0.2, 0.25) is 5.02 Å². The second-order valence-corrected chi connectivity index (χ2v) is 4.75. The molecule has 2 heterocycles. The molecular formula is C13H15ClN4O2. The molecule has 7 heteroatoms. The molecule has 0 aromatic carbocycles. The summed E-state index contributed by atoms with van der Waals surface area (Å²) in [7, 11) is 0. The van der Waals surface area contributed by atoms with E-state index in [-0.39, 0.29) is 5.02 Å². The van der Waals surface area contributed by atoms with Gasteiger partial charge in [-0.1, -0.05) is 18.5 Å². The highest BCUT2D eigenvalue weighted by Gasteiger charge is 2.04. The summed E-state index contributed by atoms with van der Waals surface area (Å²) in [6.45, 7) is 3.22. The van der Waals surface area contributed by atoms with E-state index in [2.05, 4.69) is 22.2 Å². The van der Waals surface area contributed by atoms with Crippen LogP contribution in [0.4, 0.5) is 5.82 Å². The van der Waals surface area contributed by atoms with Crippen LogP contribution in [0.5, 0.6) is 0 Å². The van der Waals surface area contributed by atoms with Gasteiger partial charge in [-0.15, -0.1) is 0 Å². The maximum Gasteiger partial charge on any atom is 0.328 e. The lowest BCUT2D eigenvalue weighted by Gasteiger charge is -2.08. The van der Waals surface area contributed by atoms with Gasteiger partial charge in [0.25, 0.3) is 5.56 Å². The summed E-state index contributed by atoms with van der Waals surface area (Å²) in [6.07, 6.45) is 4.01. The number of H-pyrrole nitrogens is 1. The van der Waals surface area contributed by atoms with Crippen LogP contribution in [-0.2, 0) is 6.54 Å². The summed E-state index contributed by atoms with van der Waals surface area (Å²) in [5.41, 5.74) is -0.170. The van der Waals surface area contributed by atoms with E-state index >= 15 is 0 Å². The molecule has 106 valence electrons. The van der Waals surface area contributed by atoms with Gasteiger partial charge >= 0.3 is 5.69 Å². The van der Waals surface area contributed by atoms with Crippen LogP contribution in [0, 0.1) is 0 Å². The molecule has 0 bridgehead atoms. The normalized spacial score (nSPS) is 10.5.